The molecule has 0 aromatic carbocycles. The Morgan fingerprint density at radius 3 is 2.74 bits per heavy atom. The van der Waals surface area contributed by atoms with E-state index in [1.165, 1.54) is 12.8 Å². The number of hydrogen-bond donors (Lipinski definition) is 2. The summed E-state index contributed by atoms with van der Waals surface area (Å²) in [6.45, 7) is 3.26. The molecule has 3 fully saturated rings. The molecule has 1 aromatic rings. The molecule has 4 heterocycles. The van der Waals surface area contributed by atoms with Gasteiger partial charge in [0.1, 0.15) is 11.0 Å². The molecule has 5 nitrogen and oxygen atoms in total. The highest BCUT2D eigenvalue weighted by atomic mass is 35.5. The van der Waals surface area contributed by atoms with Crippen molar-refractivity contribution in [2.75, 3.05) is 25.4 Å². The molecule has 1 aromatic heterocycles. The SMILES string of the molecule is Nc1cc(C(=O)NC2CN3CCC2CC3)cc(Cl)n1. The van der Waals surface area contributed by atoms with E-state index >= 15 is 0 Å². The zero-order chi connectivity index (χ0) is 13.4. The highest BCUT2D eigenvalue weighted by Gasteiger charge is 2.34. The number of piperidine rings is 3. The summed E-state index contributed by atoms with van der Waals surface area (Å²) in [5.74, 6) is 0.755. The van der Waals surface area contributed by atoms with Crippen molar-refractivity contribution in [1.82, 2.24) is 15.2 Å². The van der Waals surface area contributed by atoms with Crippen LogP contribution in [0.1, 0.15) is 23.2 Å². The number of fused-ring (bicyclic) bond motifs is 3. The molecular weight excluding hydrogens is 264 g/mol. The molecule has 3 N–H and O–H groups in total. The van der Waals surface area contributed by atoms with Gasteiger partial charge in [-0.25, -0.2) is 4.98 Å². The van der Waals surface area contributed by atoms with Gasteiger partial charge in [0.05, 0.1) is 0 Å². The third-order valence-corrected chi connectivity index (χ3v) is 4.24. The van der Waals surface area contributed by atoms with Gasteiger partial charge in [0.15, 0.2) is 0 Å². The van der Waals surface area contributed by atoms with Crippen molar-refractivity contribution < 1.29 is 4.79 Å². The molecule has 2 bridgehead atoms. The molecule has 1 atom stereocenters. The zero-order valence-corrected chi connectivity index (χ0v) is 11.4. The molecule has 102 valence electrons. The first-order chi connectivity index (χ1) is 9.11. The minimum atomic E-state index is -0.116. The van der Waals surface area contributed by atoms with E-state index < -0.39 is 0 Å². The van der Waals surface area contributed by atoms with Crippen LogP contribution in [0.3, 0.4) is 0 Å². The largest absolute Gasteiger partial charge is 0.384 e. The standard InChI is InChI=1S/C13H17ClN4O/c14-11-5-9(6-12(15)17-11)13(19)16-10-7-18-3-1-8(10)2-4-18/h5-6,8,10H,1-4,7H2,(H2,15,17)(H,16,19). The summed E-state index contributed by atoms with van der Waals surface area (Å²) in [7, 11) is 0. The Morgan fingerprint density at radius 2 is 2.16 bits per heavy atom. The lowest BCUT2D eigenvalue weighted by molar-refractivity contribution is 0.0620. The number of pyridine rings is 1. The van der Waals surface area contributed by atoms with Crippen molar-refractivity contribution in [1.29, 1.82) is 0 Å². The summed E-state index contributed by atoms with van der Waals surface area (Å²) >= 11 is 5.82. The van der Waals surface area contributed by atoms with Gasteiger partial charge in [-0.05, 0) is 44.0 Å². The lowest BCUT2D eigenvalue weighted by Gasteiger charge is -2.44. The molecule has 1 amide bonds. The molecule has 3 saturated heterocycles. The van der Waals surface area contributed by atoms with Crippen LogP contribution in [0.15, 0.2) is 12.1 Å². The molecule has 3 aliphatic rings. The number of nitrogen functional groups attached to an aromatic ring is 1. The lowest BCUT2D eigenvalue weighted by Crippen LogP contribution is -2.57. The minimum absolute atomic E-state index is 0.116. The summed E-state index contributed by atoms with van der Waals surface area (Å²) in [5.41, 5.74) is 6.09. The van der Waals surface area contributed by atoms with Gasteiger partial charge in [-0.15, -0.1) is 0 Å². The number of carbonyl (C=O) groups excluding carboxylic acids is 1. The van der Waals surface area contributed by atoms with Gasteiger partial charge < -0.3 is 16.0 Å². The first-order valence-corrected chi connectivity index (χ1v) is 6.96. The maximum atomic E-state index is 12.2. The first-order valence-electron chi connectivity index (χ1n) is 6.58. The van der Waals surface area contributed by atoms with E-state index in [9.17, 15) is 4.79 Å². The molecule has 3 aliphatic heterocycles. The third-order valence-electron chi connectivity index (χ3n) is 4.05. The van der Waals surface area contributed by atoms with E-state index in [1.54, 1.807) is 12.1 Å². The Hall–Kier alpha value is -1.33. The second kappa shape index (κ2) is 4.98. The number of hydrogen-bond acceptors (Lipinski definition) is 4. The summed E-state index contributed by atoms with van der Waals surface area (Å²) in [5, 5.41) is 3.35. The number of nitrogens with zero attached hydrogens (tertiary/aromatic N) is 2. The van der Waals surface area contributed by atoms with Crippen LogP contribution < -0.4 is 11.1 Å². The Bertz CT molecular complexity index is 479. The number of carbonyl (C=O) groups is 1. The number of rotatable bonds is 2. The molecule has 0 saturated carbocycles. The zero-order valence-electron chi connectivity index (χ0n) is 10.6. The number of nitrogens with two attached hydrogens (primary N) is 1. The topological polar surface area (TPSA) is 71.2 Å². The van der Waals surface area contributed by atoms with Gasteiger partial charge in [-0.3, -0.25) is 4.79 Å². The molecule has 6 heteroatoms. The van der Waals surface area contributed by atoms with E-state index in [2.05, 4.69) is 15.2 Å². The van der Waals surface area contributed by atoms with Crippen molar-refractivity contribution in [3.05, 3.63) is 22.8 Å². The quantitative estimate of drug-likeness (QED) is 0.797. The van der Waals surface area contributed by atoms with E-state index in [0.29, 0.717) is 11.5 Å². The second-order valence-electron chi connectivity index (χ2n) is 5.32. The van der Waals surface area contributed by atoms with Crippen LogP contribution in [0.5, 0.6) is 0 Å². The average Bonchev–Trinajstić information content (AvgIpc) is 2.39. The molecule has 0 spiro atoms. The fourth-order valence-corrected chi connectivity index (χ4v) is 3.24. The molecular formula is C13H17ClN4O. The van der Waals surface area contributed by atoms with Gasteiger partial charge in [0.25, 0.3) is 5.91 Å². The predicted molar refractivity (Wildman–Crippen MR) is 74.1 cm³/mol. The monoisotopic (exact) mass is 280 g/mol. The van der Waals surface area contributed by atoms with Gasteiger partial charge >= 0.3 is 0 Å². The highest BCUT2D eigenvalue weighted by Crippen LogP contribution is 2.27. The van der Waals surface area contributed by atoms with Crippen molar-refractivity contribution in [2.24, 2.45) is 5.92 Å². The van der Waals surface area contributed by atoms with Gasteiger partial charge in [-0.1, -0.05) is 11.6 Å². The van der Waals surface area contributed by atoms with Crippen LogP contribution in [0.4, 0.5) is 5.82 Å². The van der Waals surface area contributed by atoms with Crippen LogP contribution >= 0.6 is 11.6 Å². The number of aromatic nitrogens is 1. The van der Waals surface area contributed by atoms with Gasteiger partial charge in [0.2, 0.25) is 0 Å². The normalized spacial score (nSPS) is 29.2. The Kier molecular flexibility index (Phi) is 3.33. The fraction of sp³-hybridized carbons (Fsp3) is 0.538. The third kappa shape index (κ3) is 2.67. The van der Waals surface area contributed by atoms with Crippen molar-refractivity contribution >= 4 is 23.3 Å². The lowest BCUT2D eigenvalue weighted by atomic mass is 9.84. The van der Waals surface area contributed by atoms with E-state index in [-0.39, 0.29) is 22.9 Å². The van der Waals surface area contributed by atoms with Crippen LogP contribution in [-0.4, -0.2) is 41.5 Å². The Labute approximate surface area is 117 Å². The maximum absolute atomic E-state index is 12.2. The average molecular weight is 281 g/mol. The Balaban J connectivity index is 1.71. The van der Waals surface area contributed by atoms with Crippen LogP contribution in [0, 0.1) is 5.92 Å². The summed E-state index contributed by atoms with van der Waals surface area (Å²) in [6.07, 6.45) is 2.34. The minimum Gasteiger partial charge on any atom is -0.384 e. The predicted octanol–water partition coefficient (Wildman–Crippen LogP) is 1.14. The first kappa shape index (κ1) is 12.7. The summed E-state index contributed by atoms with van der Waals surface area (Å²) < 4.78 is 0. The van der Waals surface area contributed by atoms with E-state index in [4.69, 9.17) is 17.3 Å². The molecule has 4 rings (SSSR count). The Morgan fingerprint density at radius 1 is 1.42 bits per heavy atom. The molecule has 1 unspecified atom stereocenters. The van der Waals surface area contributed by atoms with Crippen molar-refractivity contribution in [2.45, 2.75) is 18.9 Å². The van der Waals surface area contributed by atoms with Crippen molar-refractivity contribution in [3.8, 4) is 0 Å². The molecule has 19 heavy (non-hydrogen) atoms. The molecule has 0 radical (unpaired) electrons. The van der Waals surface area contributed by atoms with Gasteiger partial charge in [0, 0.05) is 18.2 Å². The van der Waals surface area contributed by atoms with Crippen LogP contribution in [-0.2, 0) is 0 Å². The number of halogens is 1. The number of amides is 1. The molecule has 0 aliphatic carbocycles. The van der Waals surface area contributed by atoms with Crippen molar-refractivity contribution in [3.63, 3.8) is 0 Å². The second-order valence-corrected chi connectivity index (χ2v) is 5.71. The number of nitrogens with one attached hydrogen (secondary N) is 1. The van der Waals surface area contributed by atoms with E-state index in [0.717, 1.165) is 19.6 Å². The summed E-state index contributed by atoms with van der Waals surface area (Å²) in [4.78, 5) is 18.5. The van der Waals surface area contributed by atoms with E-state index in [1.807, 2.05) is 0 Å². The van der Waals surface area contributed by atoms with Crippen LogP contribution in [0.2, 0.25) is 5.15 Å². The maximum Gasteiger partial charge on any atom is 0.251 e. The van der Waals surface area contributed by atoms with Crippen LogP contribution in [0.25, 0.3) is 0 Å². The number of anilines is 1. The van der Waals surface area contributed by atoms with Gasteiger partial charge in [-0.2, -0.15) is 0 Å². The fourth-order valence-electron chi connectivity index (χ4n) is 3.03. The summed E-state index contributed by atoms with van der Waals surface area (Å²) in [6, 6.07) is 3.35. The highest BCUT2D eigenvalue weighted by molar-refractivity contribution is 6.29. The smallest absolute Gasteiger partial charge is 0.251 e.